The van der Waals surface area contributed by atoms with Gasteiger partial charge in [0, 0.05) is 51.5 Å². The number of hydrogen-bond acceptors (Lipinski definition) is 13. The van der Waals surface area contributed by atoms with Crippen molar-refractivity contribution >= 4 is 65.4 Å². The van der Waals surface area contributed by atoms with Crippen molar-refractivity contribution in [3.05, 3.63) is 59.7 Å². The number of benzene rings is 1. The Morgan fingerprint density at radius 3 is 1.55 bits per heavy atom. The molecule has 0 aliphatic rings. The summed E-state index contributed by atoms with van der Waals surface area (Å²) < 4.78 is 13.4. The van der Waals surface area contributed by atoms with Gasteiger partial charge in [0.1, 0.15) is 36.0 Å². The summed E-state index contributed by atoms with van der Waals surface area (Å²) in [5, 5.41) is 64.5. The average Bonchev–Trinajstić information content (AvgIpc) is 3.33. The van der Waals surface area contributed by atoms with Crippen LogP contribution in [0.25, 0.3) is 0 Å². The van der Waals surface area contributed by atoms with Crippen LogP contribution in [-0.4, -0.2) is 146 Å². The zero-order chi connectivity index (χ0) is 55.0. The number of carboxylic acid groups (broad SMARTS) is 4. The third-order valence-corrected chi connectivity index (χ3v) is 11.1. The topological polar surface area (TPSA) is 433 Å². The summed E-state index contributed by atoms with van der Waals surface area (Å²) >= 11 is 0. The number of aromatic nitrogens is 1. The molecule has 1 aromatic carbocycles. The smallest absolute Gasteiger partial charge is 0.326 e. The maximum Gasteiger partial charge on any atom is 0.326 e. The molecular weight excluding hydrogens is 978 g/mol. The van der Waals surface area contributed by atoms with E-state index in [-0.39, 0.29) is 100 Å². The molecule has 26 nitrogen and oxygen atoms in total. The molecule has 1 aromatic heterocycles. The van der Waals surface area contributed by atoms with Crippen LogP contribution in [-0.2, 0) is 44.8 Å². The molecule has 5 atom stereocenters. The molecule has 0 bridgehead atoms. The van der Waals surface area contributed by atoms with E-state index in [2.05, 4.69) is 47.2 Å². The number of pyridine rings is 1. The lowest BCUT2D eigenvalue weighted by Crippen LogP contribution is -2.56. The van der Waals surface area contributed by atoms with Crippen LogP contribution in [0.5, 0.6) is 5.75 Å². The summed E-state index contributed by atoms with van der Waals surface area (Å²) in [6.07, 6.45) is 4.33. The minimum absolute atomic E-state index is 0.00541. The van der Waals surface area contributed by atoms with Crippen LogP contribution in [0.15, 0.2) is 47.6 Å². The number of hydrogen-bond donors (Lipinski definition) is 14. The summed E-state index contributed by atoms with van der Waals surface area (Å²) in [5.74, 6) is -9.39. The standard InChI is InChI=1S/C47H68FN11O15/c48-36-21-17-29(27-54-36)40(65)55-31(12-9-25-53-46(49)50)41(66)57-35(26-28-15-18-30(60)19-16-28)42(67)56-32(43(68)69)10-5-7-23-51-37(61)13-3-1-2-4-14-38(62)52-24-8-6-11-33(44(70)71)58-47(74)59-34(45(72)73)20-22-39(63)64/h15-19,21,27,31-35,60H,1-14,20,22-26H2,(H,51,61)(H,52,62)(H,55,65)(H,56,67)(H,57,66)(H,63,64)(H,68,69)(H,70,71)(H,72,73)(H4,49,50,53)(H2,58,59,74)/t31-,32+,33-,34-,35-/m0/s1. The number of unbranched alkanes of at least 4 members (excludes halogenated alkanes) is 5. The predicted octanol–water partition coefficient (Wildman–Crippen LogP) is 0.359. The number of aromatic hydroxyl groups is 1. The molecule has 0 fully saturated rings. The van der Waals surface area contributed by atoms with Gasteiger partial charge in [-0.2, -0.15) is 4.39 Å². The summed E-state index contributed by atoms with van der Waals surface area (Å²) in [4.78, 5) is 131. The van der Waals surface area contributed by atoms with Gasteiger partial charge in [0.25, 0.3) is 5.91 Å². The molecule has 74 heavy (non-hydrogen) atoms. The molecule has 0 unspecified atom stereocenters. The minimum atomic E-state index is -1.53. The lowest BCUT2D eigenvalue weighted by molar-refractivity contribution is -0.142. The fourth-order valence-corrected chi connectivity index (χ4v) is 7.05. The zero-order valence-electron chi connectivity index (χ0n) is 40.8. The Morgan fingerprint density at radius 1 is 0.554 bits per heavy atom. The Bertz CT molecular complexity index is 2210. The van der Waals surface area contributed by atoms with Crippen molar-refractivity contribution in [1.29, 1.82) is 0 Å². The Kier molecular flexibility index (Phi) is 28.7. The first-order chi connectivity index (χ1) is 35.1. The maximum atomic E-state index is 13.7. The number of aliphatic imine (C=N–C) groups is 1. The predicted molar refractivity (Wildman–Crippen MR) is 261 cm³/mol. The normalized spacial score (nSPS) is 12.8. The Balaban J connectivity index is 1.77. The third-order valence-electron chi connectivity index (χ3n) is 11.1. The zero-order valence-corrected chi connectivity index (χ0v) is 40.8. The molecular formula is C47H68FN11O15. The van der Waals surface area contributed by atoms with E-state index in [9.17, 15) is 72.8 Å². The molecule has 2 rings (SSSR count). The van der Waals surface area contributed by atoms with Gasteiger partial charge in [-0.3, -0.25) is 33.8 Å². The largest absolute Gasteiger partial charge is 0.508 e. The number of carbonyl (C=O) groups excluding carboxylic acids is 6. The minimum Gasteiger partial charge on any atom is -0.508 e. The molecule has 0 aliphatic heterocycles. The van der Waals surface area contributed by atoms with Crippen molar-refractivity contribution in [3.63, 3.8) is 0 Å². The SMILES string of the molecule is NC(N)=NCCC[C@H](NC(=O)c1ccc(F)nc1)C(=O)N[C@@H](Cc1ccc(O)cc1)C(=O)N[C@H](CCCCNC(=O)CCCCCCC(=O)NCCCC[C@H](NC(=O)N[C@@H](CCC(=O)O)C(=O)O)C(=O)O)C(=O)O. The van der Waals surface area contributed by atoms with Gasteiger partial charge in [-0.15, -0.1) is 0 Å². The first-order valence-electron chi connectivity index (χ1n) is 24.0. The molecule has 0 saturated carbocycles. The van der Waals surface area contributed by atoms with Gasteiger partial charge in [0.2, 0.25) is 29.6 Å². The Labute approximate surface area is 425 Å². The van der Waals surface area contributed by atoms with Crippen molar-refractivity contribution in [1.82, 2.24) is 42.2 Å². The van der Waals surface area contributed by atoms with Crippen LogP contribution in [0, 0.1) is 5.95 Å². The quantitative estimate of drug-likeness (QED) is 0.0188. The molecule has 408 valence electrons. The van der Waals surface area contributed by atoms with Crippen LogP contribution in [0.2, 0.25) is 0 Å². The van der Waals surface area contributed by atoms with Crippen molar-refractivity contribution in [2.45, 2.75) is 139 Å². The summed E-state index contributed by atoms with van der Waals surface area (Å²) in [6, 6.07) is -0.0726. The van der Waals surface area contributed by atoms with E-state index in [1.807, 2.05) is 0 Å². The number of phenolic OH excluding ortho intramolecular Hbond substituents is 1. The molecule has 2 aromatic rings. The highest BCUT2D eigenvalue weighted by Gasteiger charge is 2.30. The fraction of sp³-hybridized carbons (Fsp3) is 0.532. The van der Waals surface area contributed by atoms with Gasteiger partial charge in [0.15, 0.2) is 5.96 Å². The van der Waals surface area contributed by atoms with Crippen molar-refractivity contribution < 1.29 is 77.9 Å². The van der Waals surface area contributed by atoms with E-state index in [4.69, 9.17) is 16.6 Å². The van der Waals surface area contributed by atoms with Gasteiger partial charge in [0.05, 0.1) is 5.56 Å². The number of nitrogens with two attached hydrogens (primary N) is 2. The highest BCUT2D eigenvalue weighted by atomic mass is 19.1. The van der Waals surface area contributed by atoms with Crippen LogP contribution >= 0.6 is 0 Å². The maximum absolute atomic E-state index is 13.7. The van der Waals surface area contributed by atoms with Gasteiger partial charge in [-0.05, 0) is 100 Å². The molecule has 0 spiro atoms. The molecule has 27 heteroatoms. The lowest BCUT2D eigenvalue weighted by Gasteiger charge is -2.25. The second-order valence-electron chi connectivity index (χ2n) is 17.1. The number of guanidine groups is 1. The number of amides is 7. The highest BCUT2D eigenvalue weighted by molar-refractivity contribution is 5.98. The highest BCUT2D eigenvalue weighted by Crippen LogP contribution is 2.14. The molecule has 16 N–H and O–H groups in total. The van der Waals surface area contributed by atoms with Crippen LogP contribution in [0.3, 0.4) is 0 Å². The lowest BCUT2D eigenvalue weighted by atomic mass is 10.0. The Hall–Kier alpha value is -8.13. The van der Waals surface area contributed by atoms with E-state index >= 15 is 0 Å². The number of nitrogens with zero attached hydrogens (tertiary/aromatic N) is 2. The summed E-state index contributed by atoms with van der Waals surface area (Å²) in [6.45, 7) is 0.574. The number of carbonyl (C=O) groups is 10. The molecule has 0 radical (unpaired) electrons. The van der Waals surface area contributed by atoms with Crippen molar-refractivity contribution in [3.8, 4) is 5.75 Å². The first-order valence-corrected chi connectivity index (χ1v) is 24.0. The first kappa shape index (κ1) is 62.0. The fourth-order valence-electron chi connectivity index (χ4n) is 7.05. The molecule has 0 aliphatic carbocycles. The van der Waals surface area contributed by atoms with E-state index in [0.29, 0.717) is 50.5 Å². The third kappa shape index (κ3) is 26.9. The van der Waals surface area contributed by atoms with E-state index in [1.165, 1.54) is 30.3 Å². The Morgan fingerprint density at radius 2 is 1.05 bits per heavy atom. The summed E-state index contributed by atoms with van der Waals surface area (Å²) in [5.41, 5.74) is 11.3. The van der Waals surface area contributed by atoms with E-state index in [0.717, 1.165) is 12.3 Å². The number of phenols is 1. The van der Waals surface area contributed by atoms with Gasteiger partial charge >= 0.3 is 29.9 Å². The van der Waals surface area contributed by atoms with Crippen molar-refractivity contribution in [2.75, 3.05) is 19.6 Å². The second-order valence-corrected chi connectivity index (χ2v) is 17.1. The monoisotopic (exact) mass is 1050 g/mol. The number of nitrogens with one attached hydrogen (secondary N) is 7. The molecule has 7 amide bonds. The van der Waals surface area contributed by atoms with Gasteiger partial charge in [-0.1, -0.05) is 25.0 Å². The van der Waals surface area contributed by atoms with E-state index in [1.54, 1.807) is 0 Å². The van der Waals surface area contributed by atoms with E-state index < -0.39 is 96.6 Å². The molecule has 0 saturated heterocycles. The second kappa shape index (κ2) is 34.3. The number of carboxylic acids is 4. The average molecular weight is 1050 g/mol. The summed E-state index contributed by atoms with van der Waals surface area (Å²) in [7, 11) is 0. The molecule has 1 heterocycles. The van der Waals surface area contributed by atoms with Gasteiger partial charge < -0.3 is 74.2 Å². The van der Waals surface area contributed by atoms with Crippen LogP contribution < -0.4 is 48.7 Å². The van der Waals surface area contributed by atoms with Crippen molar-refractivity contribution in [2.24, 2.45) is 16.5 Å². The number of rotatable bonds is 37. The van der Waals surface area contributed by atoms with Crippen LogP contribution in [0.4, 0.5) is 9.18 Å². The number of halogens is 1. The van der Waals surface area contributed by atoms with Crippen LogP contribution in [0.1, 0.15) is 119 Å². The number of urea groups is 1. The number of aliphatic carboxylic acids is 4. The van der Waals surface area contributed by atoms with Gasteiger partial charge in [-0.25, -0.2) is 24.2 Å².